The van der Waals surface area contributed by atoms with Crippen molar-refractivity contribution in [2.45, 2.75) is 20.8 Å². The average molecular weight is 394 g/mol. The number of carbonyl (C=O) groups is 2. The molecule has 1 heterocycles. The van der Waals surface area contributed by atoms with Gasteiger partial charge in [-0.15, -0.1) is 0 Å². The number of nitrogens with one attached hydrogen (secondary N) is 1. The van der Waals surface area contributed by atoms with Gasteiger partial charge in [-0.3, -0.25) is 14.5 Å². The number of carbonyl (C=O) groups excluding carboxylic acids is 2. The Kier molecular flexibility index (Phi) is 6.34. The van der Waals surface area contributed by atoms with Crippen molar-refractivity contribution in [1.29, 1.82) is 0 Å². The Bertz CT molecular complexity index is 948. The minimum Gasteiger partial charge on any atom is -0.494 e. The maximum absolute atomic E-state index is 13.1. The summed E-state index contributed by atoms with van der Waals surface area (Å²) in [5.74, 6) is 0.0353. The Morgan fingerprint density at radius 3 is 2.34 bits per heavy atom. The highest BCUT2D eigenvalue weighted by atomic mass is 16.5. The molecule has 6 nitrogen and oxygen atoms in total. The molecule has 1 aliphatic rings. The summed E-state index contributed by atoms with van der Waals surface area (Å²) in [6.07, 6.45) is 0. The van der Waals surface area contributed by atoms with Gasteiger partial charge < -0.3 is 14.8 Å². The number of benzene rings is 2. The normalized spacial score (nSPS) is 14.0. The largest absolute Gasteiger partial charge is 0.494 e. The SMILES string of the molecule is CCOc1ccc(C2=C(Nc3ccc(C)cc3C)C(=O)N(CCOC)C2=O)cc1. The molecule has 0 unspecified atom stereocenters. The van der Waals surface area contributed by atoms with E-state index in [4.69, 9.17) is 9.47 Å². The summed E-state index contributed by atoms with van der Waals surface area (Å²) in [6.45, 7) is 6.94. The number of nitrogens with zero attached hydrogens (tertiary/aromatic N) is 1. The van der Waals surface area contributed by atoms with E-state index in [1.165, 1.54) is 4.90 Å². The van der Waals surface area contributed by atoms with Gasteiger partial charge in [-0.1, -0.05) is 29.8 Å². The summed E-state index contributed by atoms with van der Waals surface area (Å²) in [5, 5.41) is 3.21. The molecule has 0 saturated heterocycles. The van der Waals surface area contributed by atoms with Crippen LogP contribution in [0.5, 0.6) is 5.75 Å². The quantitative estimate of drug-likeness (QED) is 0.694. The van der Waals surface area contributed by atoms with E-state index in [1.807, 2.05) is 39.0 Å². The first-order valence-electron chi connectivity index (χ1n) is 9.63. The van der Waals surface area contributed by atoms with Crippen LogP contribution >= 0.6 is 0 Å². The zero-order valence-electron chi connectivity index (χ0n) is 17.2. The van der Waals surface area contributed by atoms with Gasteiger partial charge in [-0.2, -0.15) is 0 Å². The molecule has 6 heteroatoms. The monoisotopic (exact) mass is 394 g/mol. The van der Waals surface area contributed by atoms with Gasteiger partial charge in [-0.05, 0) is 50.1 Å². The molecule has 152 valence electrons. The molecule has 1 N–H and O–H groups in total. The maximum Gasteiger partial charge on any atom is 0.278 e. The molecule has 2 aromatic carbocycles. The van der Waals surface area contributed by atoms with Gasteiger partial charge in [0, 0.05) is 12.8 Å². The third-order valence-corrected chi connectivity index (χ3v) is 4.78. The first-order chi connectivity index (χ1) is 14.0. The average Bonchev–Trinajstić information content (AvgIpc) is 2.93. The molecule has 2 amide bonds. The lowest BCUT2D eigenvalue weighted by Crippen LogP contribution is -2.35. The minimum atomic E-state index is -0.351. The summed E-state index contributed by atoms with van der Waals surface area (Å²) in [4.78, 5) is 27.4. The van der Waals surface area contributed by atoms with Crippen molar-refractivity contribution in [3.63, 3.8) is 0 Å². The smallest absolute Gasteiger partial charge is 0.278 e. The van der Waals surface area contributed by atoms with Crippen molar-refractivity contribution < 1.29 is 19.1 Å². The van der Waals surface area contributed by atoms with E-state index in [9.17, 15) is 9.59 Å². The van der Waals surface area contributed by atoms with Gasteiger partial charge in [0.25, 0.3) is 11.8 Å². The highest BCUT2D eigenvalue weighted by Gasteiger charge is 2.39. The standard InChI is InChI=1S/C23H26N2O4/c1-5-29-18-9-7-17(8-10-18)20-21(23(27)25(22(20)26)12-13-28-4)24-19-11-6-15(2)14-16(19)3/h6-11,14,24H,5,12-13H2,1-4H3. The summed E-state index contributed by atoms with van der Waals surface area (Å²) in [7, 11) is 1.54. The number of anilines is 1. The summed E-state index contributed by atoms with van der Waals surface area (Å²) in [6, 6.07) is 13.1. The second-order valence-electron chi connectivity index (χ2n) is 6.91. The van der Waals surface area contributed by atoms with E-state index in [-0.39, 0.29) is 30.7 Å². The molecule has 0 aromatic heterocycles. The van der Waals surface area contributed by atoms with E-state index in [0.29, 0.717) is 23.5 Å². The molecule has 29 heavy (non-hydrogen) atoms. The number of hydrogen-bond donors (Lipinski definition) is 1. The predicted molar refractivity (Wildman–Crippen MR) is 113 cm³/mol. The molecular weight excluding hydrogens is 368 g/mol. The number of imide groups is 1. The molecule has 0 saturated carbocycles. The second kappa shape index (κ2) is 8.92. The lowest BCUT2D eigenvalue weighted by Gasteiger charge is -2.15. The molecular formula is C23H26N2O4. The zero-order valence-corrected chi connectivity index (χ0v) is 17.2. The van der Waals surface area contributed by atoms with Crippen LogP contribution in [-0.4, -0.2) is 43.6 Å². The first kappa shape index (κ1) is 20.6. The lowest BCUT2D eigenvalue weighted by molar-refractivity contribution is -0.137. The number of methoxy groups -OCH3 is 1. The van der Waals surface area contributed by atoms with E-state index in [2.05, 4.69) is 5.32 Å². The van der Waals surface area contributed by atoms with Crippen LogP contribution in [0, 0.1) is 13.8 Å². The van der Waals surface area contributed by atoms with E-state index in [1.54, 1.807) is 31.4 Å². The van der Waals surface area contributed by atoms with Gasteiger partial charge in [0.2, 0.25) is 0 Å². The third-order valence-electron chi connectivity index (χ3n) is 4.78. The van der Waals surface area contributed by atoms with Crippen LogP contribution in [0.15, 0.2) is 48.2 Å². The molecule has 1 aliphatic heterocycles. The van der Waals surface area contributed by atoms with Crippen LogP contribution in [0.4, 0.5) is 5.69 Å². The molecule has 0 radical (unpaired) electrons. The van der Waals surface area contributed by atoms with Gasteiger partial charge >= 0.3 is 0 Å². The Balaban J connectivity index is 2.02. The van der Waals surface area contributed by atoms with Crippen LogP contribution < -0.4 is 10.1 Å². The van der Waals surface area contributed by atoms with Gasteiger partial charge in [0.15, 0.2) is 0 Å². The van der Waals surface area contributed by atoms with Crippen LogP contribution in [0.3, 0.4) is 0 Å². The van der Waals surface area contributed by atoms with E-state index >= 15 is 0 Å². The second-order valence-corrected chi connectivity index (χ2v) is 6.91. The molecule has 0 fully saturated rings. The topological polar surface area (TPSA) is 67.9 Å². The van der Waals surface area contributed by atoms with Gasteiger partial charge in [0.05, 0.1) is 25.3 Å². The molecule has 0 atom stereocenters. The summed E-state index contributed by atoms with van der Waals surface area (Å²) < 4.78 is 10.6. The van der Waals surface area contributed by atoms with Crippen molar-refractivity contribution in [1.82, 2.24) is 4.90 Å². The number of ether oxygens (including phenoxy) is 2. The van der Waals surface area contributed by atoms with Crippen LogP contribution in [0.2, 0.25) is 0 Å². The Morgan fingerprint density at radius 2 is 1.72 bits per heavy atom. The van der Waals surface area contributed by atoms with Crippen molar-refractivity contribution in [3.05, 3.63) is 64.9 Å². The van der Waals surface area contributed by atoms with Gasteiger partial charge in [0.1, 0.15) is 11.4 Å². The number of hydrogen-bond acceptors (Lipinski definition) is 5. The lowest BCUT2D eigenvalue weighted by atomic mass is 10.0. The minimum absolute atomic E-state index is 0.201. The number of rotatable bonds is 8. The highest BCUT2D eigenvalue weighted by molar-refractivity contribution is 6.36. The highest BCUT2D eigenvalue weighted by Crippen LogP contribution is 2.32. The van der Waals surface area contributed by atoms with Crippen LogP contribution in [-0.2, 0) is 14.3 Å². The van der Waals surface area contributed by atoms with Crippen molar-refractivity contribution in [2.75, 3.05) is 32.2 Å². The first-order valence-corrected chi connectivity index (χ1v) is 9.63. The summed E-state index contributed by atoms with van der Waals surface area (Å²) in [5.41, 5.74) is 4.22. The van der Waals surface area contributed by atoms with Crippen LogP contribution in [0.25, 0.3) is 5.57 Å². The molecule has 0 bridgehead atoms. The predicted octanol–water partition coefficient (Wildman–Crippen LogP) is 3.54. The Morgan fingerprint density at radius 1 is 1.00 bits per heavy atom. The van der Waals surface area contributed by atoms with Crippen molar-refractivity contribution >= 4 is 23.1 Å². The third kappa shape index (κ3) is 4.32. The number of amides is 2. The molecule has 2 aromatic rings. The molecule has 3 rings (SSSR count). The Labute approximate surface area is 171 Å². The van der Waals surface area contributed by atoms with E-state index in [0.717, 1.165) is 16.8 Å². The Hall–Kier alpha value is -3.12. The van der Waals surface area contributed by atoms with Crippen molar-refractivity contribution in [3.8, 4) is 5.75 Å². The fourth-order valence-electron chi connectivity index (χ4n) is 3.32. The maximum atomic E-state index is 13.1. The van der Waals surface area contributed by atoms with Crippen LogP contribution in [0.1, 0.15) is 23.6 Å². The fourth-order valence-corrected chi connectivity index (χ4v) is 3.32. The van der Waals surface area contributed by atoms with Crippen molar-refractivity contribution in [2.24, 2.45) is 0 Å². The summed E-state index contributed by atoms with van der Waals surface area (Å²) >= 11 is 0. The van der Waals surface area contributed by atoms with E-state index < -0.39 is 0 Å². The van der Waals surface area contributed by atoms with Gasteiger partial charge in [-0.25, -0.2) is 0 Å². The zero-order chi connectivity index (χ0) is 21.0. The fraction of sp³-hybridized carbons (Fsp3) is 0.304. The molecule has 0 aliphatic carbocycles. The molecule has 0 spiro atoms. The number of aryl methyl sites for hydroxylation is 2.